The van der Waals surface area contributed by atoms with E-state index < -0.39 is 0 Å². The Balaban J connectivity index is 1.87. The zero-order chi connectivity index (χ0) is 13.8. The van der Waals surface area contributed by atoms with E-state index in [2.05, 4.69) is 0 Å². The number of carbonyl (C=O) groups is 2. The van der Waals surface area contributed by atoms with E-state index >= 15 is 0 Å². The Kier molecular flexibility index (Phi) is 4.32. The highest BCUT2D eigenvalue weighted by atomic mass is 16.6. The first-order chi connectivity index (χ1) is 9.06. The van der Waals surface area contributed by atoms with Crippen molar-refractivity contribution < 1.29 is 19.1 Å². The summed E-state index contributed by atoms with van der Waals surface area (Å²) < 4.78 is 10.8. The van der Waals surface area contributed by atoms with Crippen LogP contribution in [0.2, 0.25) is 0 Å². The molecule has 19 heavy (non-hydrogen) atoms. The second-order valence-electron chi connectivity index (χ2n) is 4.88. The second kappa shape index (κ2) is 5.97. The standard InChI is InChI=1S/C15H18O4/c1-10-3-8-14(19-10)9-18-15(17)13-6-4-12(5-7-13)11(2)16/h4-7,10,14H,3,8-9H2,1-2H3/t10-,14+/m1/s1. The van der Waals surface area contributed by atoms with Crippen molar-refractivity contribution in [1.29, 1.82) is 0 Å². The maximum atomic E-state index is 11.8. The van der Waals surface area contributed by atoms with Crippen LogP contribution in [-0.2, 0) is 9.47 Å². The lowest BCUT2D eigenvalue weighted by Gasteiger charge is -2.11. The van der Waals surface area contributed by atoms with Crippen LogP contribution in [0.15, 0.2) is 24.3 Å². The third-order valence-corrected chi connectivity index (χ3v) is 3.25. The Bertz CT molecular complexity index is 464. The summed E-state index contributed by atoms with van der Waals surface area (Å²) in [6.07, 6.45) is 2.20. The number of carbonyl (C=O) groups excluding carboxylic acids is 2. The fourth-order valence-electron chi connectivity index (χ4n) is 2.10. The first kappa shape index (κ1) is 13.7. The molecule has 0 radical (unpaired) electrons. The third-order valence-electron chi connectivity index (χ3n) is 3.25. The molecule has 0 spiro atoms. The zero-order valence-electron chi connectivity index (χ0n) is 11.2. The first-order valence-electron chi connectivity index (χ1n) is 6.50. The van der Waals surface area contributed by atoms with Gasteiger partial charge in [0.05, 0.1) is 17.8 Å². The molecule has 0 saturated carbocycles. The van der Waals surface area contributed by atoms with Crippen LogP contribution in [0.25, 0.3) is 0 Å². The summed E-state index contributed by atoms with van der Waals surface area (Å²) >= 11 is 0. The van der Waals surface area contributed by atoms with E-state index in [0.717, 1.165) is 12.8 Å². The topological polar surface area (TPSA) is 52.6 Å². The van der Waals surface area contributed by atoms with Gasteiger partial charge in [-0.25, -0.2) is 4.79 Å². The van der Waals surface area contributed by atoms with Gasteiger partial charge in [-0.2, -0.15) is 0 Å². The fourth-order valence-corrected chi connectivity index (χ4v) is 2.10. The predicted octanol–water partition coefficient (Wildman–Crippen LogP) is 2.61. The minimum absolute atomic E-state index is 0.00967. The van der Waals surface area contributed by atoms with Crippen LogP contribution in [0.1, 0.15) is 47.4 Å². The Hall–Kier alpha value is -1.68. The Morgan fingerprint density at radius 3 is 2.37 bits per heavy atom. The molecular weight excluding hydrogens is 244 g/mol. The number of esters is 1. The molecule has 0 amide bonds. The van der Waals surface area contributed by atoms with Gasteiger partial charge in [-0.1, -0.05) is 12.1 Å². The average molecular weight is 262 g/mol. The molecule has 0 N–H and O–H groups in total. The summed E-state index contributed by atoms with van der Waals surface area (Å²) in [4.78, 5) is 22.9. The van der Waals surface area contributed by atoms with Crippen LogP contribution < -0.4 is 0 Å². The van der Waals surface area contributed by atoms with Crippen molar-refractivity contribution in [3.05, 3.63) is 35.4 Å². The summed E-state index contributed by atoms with van der Waals surface area (Å²) in [6.45, 7) is 3.80. The molecule has 4 nitrogen and oxygen atoms in total. The number of hydrogen-bond donors (Lipinski definition) is 0. The van der Waals surface area contributed by atoms with E-state index in [9.17, 15) is 9.59 Å². The normalized spacial score (nSPS) is 22.2. The van der Waals surface area contributed by atoms with Gasteiger partial charge >= 0.3 is 5.97 Å². The van der Waals surface area contributed by atoms with Gasteiger partial charge in [-0.15, -0.1) is 0 Å². The van der Waals surface area contributed by atoms with Crippen LogP contribution in [0, 0.1) is 0 Å². The van der Waals surface area contributed by atoms with Crippen molar-refractivity contribution in [3.63, 3.8) is 0 Å². The van der Waals surface area contributed by atoms with Gasteiger partial charge in [-0.3, -0.25) is 4.79 Å². The quantitative estimate of drug-likeness (QED) is 0.618. The molecule has 1 aromatic rings. The largest absolute Gasteiger partial charge is 0.459 e. The molecule has 0 aliphatic carbocycles. The summed E-state index contributed by atoms with van der Waals surface area (Å²) in [7, 11) is 0. The molecule has 1 heterocycles. The maximum absolute atomic E-state index is 11.8. The lowest BCUT2D eigenvalue weighted by atomic mass is 10.1. The maximum Gasteiger partial charge on any atom is 0.338 e. The van der Waals surface area contributed by atoms with Crippen molar-refractivity contribution in [1.82, 2.24) is 0 Å². The van der Waals surface area contributed by atoms with Crippen LogP contribution >= 0.6 is 0 Å². The van der Waals surface area contributed by atoms with Crippen molar-refractivity contribution in [3.8, 4) is 0 Å². The summed E-state index contributed by atoms with van der Waals surface area (Å²) in [5.41, 5.74) is 1.04. The van der Waals surface area contributed by atoms with E-state index in [1.54, 1.807) is 24.3 Å². The minimum Gasteiger partial charge on any atom is -0.459 e. The lowest BCUT2D eigenvalue weighted by Crippen LogP contribution is -2.19. The fraction of sp³-hybridized carbons (Fsp3) is 0.467. The number of ether oxygens (including phenoxy) is 2. The smallest absolute Gasteiger partial charge is 0.338 e. The van der Waals surface area contributed by atoms with Crippen LogP contribution in [0.5, 0.6) is 0 Å². The molecule has 4 heteroatoms. The molecule has 0 aromatic heterocycles. The molecule has 0 unspecified atom stereocenters. The van der Waals surface area contributed by atoms with Gasteiger partial charge in [0.15, 0.2) is 5.78 Å². The van der Waals surface area contributed by atoms with E-state index in [1.165, 1.54) is 6.92 Å². The SMILES string of the molecule is CC(=O)c1ccc(C(=O)OC[C@@H]2CC[C@@H](C)O2)cc1. The Morgan fingerprint density at radius 2 is 1.84 bits per heavy atom. The number of Topliss-reactive ketones (excluding diaryl/α,β-unsaturated/α-hetero) is 1. The lowest BCUT2D eigenvalue weighted by molar-refractivity contribution is -0.00266. The molecule has 1 aliphatic rings. The first-order valence-corrected chi connectivity index (χ1v) is 6.50. The summed E-state index contributed by atoms with van der Waals surface area (Å²) in [6, 6.07) is 6.48. The van der Waals surface area contributed by atoms with Gasteiger partial charge < -0.3 is 9.47 Å². The van der Waals surface area contributed by atoms with Crippen LogP contribution in [-0.4, -0.2) is 30.6 Å². The molecule has 1 saturated heterocycles. The highest BCUT2D eigenvalue weighted by molar-refractivity contribution is 5.96. The van der Waals surface area contributed by atoms with E-state index in [0.29, 0.717) is 11.1 Å². The van der Waals surface area contributed by atoms with E-state index in [-0.39, 0.29) is 30.6 Å². The molecule has 0 bridgehead atoms. The number of benzene rings is 1. The van der Waals surface area contributed by atoms with Gasteiger partial charge in [0, 0.05) is 5.56 Å². The zero-order valence-corrected chi connectivity index (χ0v) is 11.2. The molecule has 1 aliphatic heterocycles. The molecular formula is C15H18O4. The van der Waals surface area contributed by atoms with E-state index in [1.807, 2.05) is 6.92 Å². The summed E-state index contributed by atoms with van der Waals surface area (Å²) in [5.74, 6) is -0.397. The second-order valence-corrected chi connectivity index (χ2v) is 4.88. The third kappa shape index (κ3) is 3.64. The summed E-state index contributed by atoms with van der Waals surface area (Å²) in [5, 5.41) is 0. The highest BCUT2D eigenvalue weighted by Gasteiger charge is 2.23. The predicted molar refractivity (Wildman–Crippen MR) is 70.3 cm³/mol. The molecule has 2 atom stereocenters. The molecule has 102 valence electrons. The molecule has 2 rings (SSSR count). The van der Waals surface area contributed by atoms with Crippen LogP contribution in [0.4, 0.5) is 0 Å². The van der Waals surface area contributed by atoms with Crippen molar-refractivity contribution >= 4 is 11.8 Å². The van der Waals surface area contributed by atoms with Crippen LogP contribution in [0.3, 0.4) is 0 Å². The molecule has 1 aromatic carbocycles. The molecule has 1 fully saturated rings. The Morgan fingerprint density at radius 1 is 1.21 bits per heavy atom. The van der Waals surface area contributed by atoms with Gasteiger partial charge in [-0.05, 0) is 38.8 Å². The number of rotatable bonds is 4. The van der Waals surface area contributed by atoms with E-state index in [4.69, 9.17) is 9.47 Å². The van der Waals surface area contributed by atoms with Gasteiger partial charge in [0.1, 0.15) is 6.61 Å². The Labute approximate surface area is 112 Å². The minimum atomic E-state index is -0.377. The van der Waals surface area contributed by atoms with Crippen molar-refractivity contribution in [2.75, 3.05) is 6.61 Å². The monoisotopic (exact) mass is 262 g/mol. The van der Waals surface area contributed by atoms with Gasteiger partial charge in [0.2, 0.25) is 0 Å². The highest BCUT2D eigenvalue weighted by Crippen LogP contribution is 2.19. The van der Waals surface area contributed by atoms with Gasteiger partial charge in [0.25, 0.3) is 0 Å². The number of hydrogen-bond acceptors (Lipinski definition) is 4. The number of ketones is 1. The van der Waals surface area contributed by atoms with Crippen molar-refractivity contribution in [2.45, 2.75) is 38.9 Å². The van der Waals surface area contributed by atoms with Crippen molar-refractivity contribution in [2.24, 2.45) is 0 Å². The average Bonchev–Trinajstić information content (AvgIpc) is 2.82.